The highest BCUT2D eigenvalue weighted by Crippen LogP contribution is 2.13. The summed E-state index contributed by atoms with van der Waals surface area (Å²) in [5.41, 5.74) is 2.73. The van der Waals surface area contributed by atoms with E-state index in [0.717, 1.165) is 22.3 Å². The number of nitrogens with one attached hydrogen (secondary N) is 1. The topological polar surface area (TPSA) is 46.5 Å². The number of aromatic nitrogens is 4. The van der Waals surface area contributed by atoms with Crippen LogP contribution in [-0.2, 0) is 7.05 Å². The van der Waals surface area contributed by atoms with E-state index in [1.807, 2.05) is 29.9 Å². The molecule has 0 radical (unpaired) electrons. The summed E-state index contributed by atoms with van der Waals surface area (Å²) < 4.78 is 1.89. The first-order chi connectivity index (χ1) is 8.34. The molecule has 3 rings (SSSR count). The highest BCUT2D eigenvalue weighted by molar-refractivity contribution is 5.82. The van der Waals surface area contributed by atoms with E-state index in [1.165, 1.54) is 0 Å². The fraction of sp³-hybridized carbons (Fsp3) is 0.0769. The molecule has 0 aliphatic heterocycles. The van der Waals surface area contributed by atoms with Crippen LogP contribution in [0.25, 0.3) is 11.0 Å². The minimum Gasteiger partial charge on any atom is -0.346 e. The van der Waals surface area contributed by atoms with Crippen LogP contribution in [-0.4, -0.2) is 19.5 Å². The van der Waals surface area contributed by atoms with Crippen LogP contribution in [0.3, 0.4) is 0 Å². The summed E-state index contributed by atoms with van der Waals surface area (Å²) in [7, 11) is 1.93. The molecule has 0 bridgehead atoms. The van der Waals surface area contributed by atoms with E-state index >= 15 is 0 Å². The summed E-state index contributed by atoms with van der Waals surface area (Å²) in [6.07, 6.45) is 7.12. The molecule has 0 atom stereocenters. The molecule has 0 aliphatic rings. The second kappa shape index (κ2) is 3.80. The van der Waals surface area contributed by atoms with Gasteiger partial charge in [-0.1, -0.05) is 5.92 Å². The highest BCUT2D eigenvalue weighted by atomic mass is 15.0. The van der Waals surface area contributed by atoms with Crippen molar-refractivity contribution in [3.63, 3.8) is 0 Å². The van der Waals surface area contributed by atoms with Crippen molar-refractivity contribution in [3.05, 3.63) is 48.3 Å². The monoisotopic (exact) mass is 222 g/mol. The van der Waals surface area contributed by atoms with Gasteiger partial charge in [0.1, 0.15) is 11.3 Å². The van der Waals surface area contributed by atoms with E-state index < -0.39 is 0 Å². The van der Waals surface area contributed by atoms with Crippen molar-refractivity contribution >= 4 is 11.0 Å². The zero-order valence-corrected chi connectivity index (χ0v) is 9.31. The summed E-state index contributed by atoms with van der Waals surface area (Å²) in [5.74, 6) is 6.25. The molecule has 0 saturated heterocycles. The van der Waals surface area contributed by atoms with E-state index in [0.29, 0.717) is 0 Å². The van der Waals surface area contributed by atoms with Crippen LogP contribution < -0.4 is 0 Å². The second-order valence-corrected chi connectivity index (χ2v) is 3.74. The van der Waals surface area contributed by atoms with Gasteiger partial charge in [-0.05, 0) is 18.1 Å². The smallest absolute Gasteiger partial charge is 0.138 e. The fourth-order valence-corrected chi connectivity index (χ4v) is 1.68. The van der Waals surface area contributed by atoms with Gasteiger partial charge in [-0.3, -0.25) is 0 Å². The number of rotatable bonds is 0. The third-order valence-electron chi connectivity index (χ3n) is 2.60. The van der Waals surface area contributed by atoms with Crippen molar-refractivity contribution in [1.29, 1.82) is 0 Å². The Balaban J connectivity index is 2.09. The number of H-pyrrole nitrogens is 1. The normalized spacial score (nSPS) is 10.2. The van der Waals surface area contributed by atoms with Gasteiger partial charge in [0.2, 0.25) is 0 Å². The van der Waals surface area contributed by atoms with Gasteiger partial charge < -0.3 is 9.55 Å². The number of aromatic amines is 1. The van der Waals surface area contributed by atoms with Crippen LogP contribution in [0.2, 0.25) is 0 Å². The molecule has 0 spiro atoms. The van der Waals surface area contributed by atoms with E-state index in [1.54, 1.807) is 18.7 Å². The molecule has 0 aliphatic carbocycles. The molecule has 0 saturated carbocycles. The predicted octanol–water partition coefficient (Wildman–Crippen LogP) is 1.70. The summed E-state index contributed by atoms with van der Waals surface area (Å²) >= 11 is 0. The average Bonchev–Trinajstić information content (AvgIpc) is 2.95. The molecule has 0 unspecified atom stereocenters. The maximum absolute atomic E-state index is 4.22. The van der Waals surface area contributed by atoms with Gasteiger partial charge in [0, 0.05) is 30.4 Å². The molecule has 0 amide bonds. The van der Waals surface area contributed by atoms with Gasteiger partial charge in [-0.25, -0.2) is 9.97 Å². The molecule has 0 fully saturated rings. The Kier molecular flexibility index (Phi) is 2.16. The summed E-state index contributed by atoms with van der Waals surface area (Å²) in [6.45, 7) is 0. The molecular weight excluding hydrogens is 212 g/mol. The molecule has 3 aromatic heterocycles. The van der Waals surface area contributed by atoms with Gasteiger partial charge in [-0.2, -0.15) is 0 Å². The number of fused-ring (bicyclic) bond motifs is 1. The fourth-order valence-electron chi connectivity index (χ4n) is 1.68. The average molecular weight is 222 g/mol. The van der Waals surface area contributed by atoms with Crippen LogP contribution >= 0.6 is 0 Å². The number of aryl methyl sites for hydroxylation is 1. The lowest BCUT2D eigenvalue weighted by Crippen LogP contribution is -1.88. The van der Waals surface area contributed by atoms with E-state index in [9.17, 15) is 0 Å². The van der Waals surface area contributed by atoms with Crippen LogP contribution in [0.15, 0.2) is 37.1 Å². The van der Waals surface area contributed by atoms with Crippen LogP contribution in [0.4, 0.5) is 0 Å². The van der Waals surface area contributed by atoms with Crippen molar-refractivity contribution in [2.45, 2.75) is 0 Å². The molecule has 4 nitrogen and oxygen atoms in total. The Labute approximate surface area is 98.3 Å². The number of imidazole rings is 1. The van der Waals surface area contributed by atoms with Crippen LogP contribution in [0.5, 0.6) is 0 Å². The molecule has 4 heteroatoms. The SMILES string of the molecule is Cn1cncc1C#Cc1ccnc2[nH]ccc12. The van der Waals surface area contributed by atoms with E-state index in [-0.39, 0.29) is 0 Å². The maximum atomic E-state index is 4.22. The van der Waals surface area contributed by atoms with Gasteiger partial charge in [0.15, 0.2) is 0 Å². The Morgan fingerprint density at radius 3 is 3.06 bits per heavy atom. The number of hydrogen-bond acceptors (Lipinski definition) is 2. The Bertz CT molecular complexity index is 724. The second-order valence-electron chi connectivity index (χ2n) is 3.74. The molecule has 82 valence electrons. The zero-order valence-electron chi connectivity index (χ0n) is 9.31. The van der Waals surface area contributed by atoms with Gasteiger partial charge >= 0.3 is 0 Å². The first kappa shape index (κ1) is 9.67. The largest absolute Gasteiger partial charge is 0.346 e. The summed E-state index contributed by atoms with van der Waals surface area (Å²) in [5, 5.41) is 1.04. The Morgan fingerprint density at radius 1 is 1.29 bits per heavy atom. The summed E-state index contributed by atoms with van der Waals surface area (Å²) in [6, 6.07) is 3.90. The summed E-state index contributed by atoms with van der Waals surface area (Å²) in [4.78, 5) is 11.3. The maximum Gasteiger partial charge on any atom is 0.138 e. The number of pyridine rings is 1. The number of nitrogens with zero attached hydrogens (tertiary/aromatic N) is 3. The van der Waals surface area contributed by atoms with Crippen molar-refractivity contribution in [1.82, 2.24) is 19.5 Å². The number of hydrogen-bond donors (Lipinski definition) is 1. The Morgan fingerprint density at radius 2 is 2.24 bits per heavy atom. The predicted molar refractivity (Wildman–Crippen MR) is 65.3 cm³/mol. The standard InChI is InChI=1S/C13H10N4/c1-17-9-14-8-11(17)3-2-10-4-6-15-13-12(10)5-7-16-13/h4-9H,1H3,(H,15,16). The highest BCUT2D eigenvalue weighted by Gasteiger charge is 1.99. The van der Waals surface area contributed by atoms with Crippen LogP contribution in [0, 0.1) is 11.8 Å². The van der Waals surface area contributed by atoms with Crippen molar-refractivity contribution in [3.8, 4) is 11.8 Å². The quantitative estimate of drug-likeness (QED) is 0.588. The molecule has 3 heterocycles. The van der Waals surface area contributed by atoms with E-state index in [4.69, 9.17) is 0 Å². The first-order valence-corrected chi connectivity index (χ1v) is 5.25. The van der Waals surface area contributed by atoms with Gasteiger partial charge in [0.05, 0.1) is 12.5 Å². The first-order valence-electron chi connectivity index (χ1n) is 5.25. The molecule has 3 aromatic rings. The molecular formula is C13H10N4. The molecule has 0 aromatic carbocycles. The lowest BCUT2D eigenvalue weighted by Gasteiger charge is -1.93. The molecule has 17 heavy (non-hydrogen) atoms. The van der Waals surface area contributed by atoms with Gasteiger partial charge in [-0.15, -0.1) is 0 Å². The third kappa shape index (κ3) is 1.68. The van der Waals surface area contributed by atoms with Crippen LogP contribution in [0.1, 0.15) is 11.3 Å². The van der Waals surface area contributed by atoms with Crippen molar-refractivity contribution in [2.75, 3.05) is 0 Å². The molecule has 1 N–H and O–H groups in total. The van der Waals surface area contributed by atoms with Crippen molar-refractivity contribution in [2.24, 2.45) is 7.05 Å². The lowest BCUT2D eigenvalue weighted by molar-refractivity contribution is 0.899. The van der Waals surface area contributed by atoms with Gasteiger partial charge in [0.25, 0.3) is 0 Å². The zero-order chi connectivity index (χ0) is 11.7. The lowest BCUT2D eigenvalue weighted by atomic mass is 10.2. The minimum absolute atomic E-state index is 0.863. The van der Waals surface area contributed by atoms with E-state index in [2.05, 4.69) is 26.8 Å². The third-order valence-corrected chi connectivity index (χ3v) is 2.60. The minimum atomic E-state index is 0.863. The Hall–Kier alpha value is -2.54. The van der Waals surface area contributed by atoms with Crippen molar-refractivity contribution < 1.29 is 0 Å².